The summed E-state index contributed by atoms with van der Waals surface area (Å²) in [4.78, 5) is 28.7. The molecule has 9 heteroatoms. The van der Waals surface area contributed by atoms with E-state index in [-0.39, 0.29) is 23.4 Å². The maximum Gasteiger partial charge on any atom is 0.264 e. The van der Waals surface area contributed by atoms with Crippen LogP contribution in [0.3, 0.4) is 0 Å². The first-order valence-electron chi connectivity index (χ1n) is 12.6. The molecule has 0 aliphatic carbocycles. The van der Waals surface area contributed by atoms with Gasteiger partial charge in [-0.1, -0.05) is 74.0 Å². The summed E-state index contributed by atoms with van der Waals surface area (Å²) >= 11 is 6.06. The average molecular weight is 556 g/mol. The Morgan fingerprint density at radius 3 is 2.00 bits per heavy atom. The summed E-state index contributed by atoms with van der Waals surface area (Å²) in [6.45, 7) is 5.38. The summed E-state index contributed by atoms with van der Waals surface area (Å²) in [7, 11) is -4.10. The maximum absolute atomic E-state index is 14.0. The van der Waals surface area contributed by atoms with E-state index in [0.29, 0.717) is 17.1 Å². The number of carbonyl (C=O) groups excluding carboxylic acids is 2. The van der Waals surface area contributed by atoms with Crippen molar-refractivity contribution in [2.45, 2.75) is 57.1 Å². The lowest BCUT2D eigenvalue weighted by Gasteiger charge is -2.33. The molecular formula is C29H34ClN3O4S. The van der Waals surface area contributed by atoms with Crippen molar-refractivity contribution in [2.75, 3.05) is 10.8 Å². The topological polar surface area (TPSA) is 86.8 Å². The molecule has 0 fully saturated rings. The van der Waals surface area contributed by atoms with E-state index in [9.17, 15) is 18.0 Å². The minimum atomic E-state index is -4.10. The van der Waals surface area contributed by atoms with Crippen LogP contribution in [-0.2, 0) is 26.2 Å². The Kier molecular flexibility index (Phi) is 10.3. The first kappa shape index (κ1) is 29.2. The number of hydrogen-bond acceptors (Lipinski definition) is 4. The highest BCUT2D eigenvalue weighted by Crippen LogP contribution is 2.26. The standard InChI is InChI=1S/C29H34ClN3O4S/c1-4-22(3)31-29(35)27(5-2)32(20-23-12-8-6-9-13-23)28(34)21-33(25-18-16-24(30)17-19-25)38(36,37)26-14-10-7-11-15-26/h6-19,22,27H,4-5,20-21H2,1-3H3,(H,31,35)/t22-,27+/m0/s1. The highest BCUT2D eigenvalue weighted by Gasteiger charge is 2.33. The second-order valence-electron chi connectivity index (χ2n) is 9.05. The molecule has 0 unspecified atom stereocenters. The van der Waals surface area contributed by atoms with Crippen molar-refractivity contribution in [1.29, 1.82) is 0 Å². The van der Waals surface area contributed by atoms with E-state index in [1.54, 1.807) is 42.5 Å². The second kappa shape index (κ2) is 13.4. The van der Waals surface area contributed by atoms with Gasteiger partial charge in [0, 0.05) is 17.6 Å². The summed E-state index contributed by atoms with van der Waals surface area (Å²) in [5.74, 6) is -0.760. The number of sulfonamides is 1. The molecule has 2 amide bonds. The van der Waals surface area contributed by atoms with Crippen molar-refractivity contribution in [3.8, 4) is 0 Å². The van der Waals surface area contributed by atoms with E-state index in [4.69, 9.17) is 11.6 Å². The van der Waals surface area contributed by atoms with Gasteiger partial charge in [0.1, 0.15) is 12.6 Å². The fourth-order valence-corrected chi connectivity index (χ4v) is 5.56. The number of amides is 2. The van der Waals surface area contributed by atoms with Crippen LogP contribution in [0.4, 0.5) is 5.69 Å². The molecule has 3 rings (SSSR count). The normalized spacial score (nSPS) is 12.8. The molecule has 0 bridgehead atoms. The monoisotopic (exact) mass is 555 g/mol. The first-order valence-corrected chi connectivity index (χ1v) is 14.5. The molecule has 202 valence electrons. The van der Waals surface area contributed by atoms with Gasteiger partial charge in [-0.15, -0.1) is 0 Å². The van der Waals surface area contributed by atoms with Gasteiger partial charge in [0.15, 0.2) is 0 Å². The number of nitrogens with one attached hydrogen (secondary N) is 1. The van der Waals surface area contributed by atoms with E-state index in [0.717, 1.165) is 16.3 Å². The minimum absolute atomic E-state index is 0.0546. The van der Waals surface area contributed by atoms with Gasteiger partial charge in [0.2, 0.25) is 11.8 Å². The van der Waals surface area contributed by atoms with Crippen LogP contribution in [0.15, 0.2) is 89.8 Å². The predicted octanol–water partition coefficient (Wildman–Crippen LogP) is 5.26. The molecule has 7 nitrogen and oxygen atoms in total. The van der Waals surface area contributed by atoms with Crippen molar-refractivity contribution in [3.63, 3.8) is 0 Å². The summed E-state index contributed by atoms with van der Waals surface area (Å²) in [6, 6.07) is 22.7. The van der Waals surface area contributed by atoms with Gasteiger partial charge < -0.3 is 10.2 Å². The predicted molar refractivity (Wildman–Crippen MR) is 151 cm³/mol. The summed E-state index contributed by atoms with van der Waals surface area (Å²) in [5, 5.41) is 3.41. The van der Waals surface area contributed by atoms with Gasteiger partial charge >= 0.3 is 0 Å². The Morgan fingerprint density at radius 2 is 1.45 bits per heavy atom. The van der Waals surface area contributed by atoms with E-state index < -0.39 is 28.5 Å². The van der Waals surface area contributed by atoms with E-state index in [1.807, 2.05) is 51.1 Å². The van der Waals surface area contributed by atoms with Crippen LogP contribution in [0.1, 0.15) is 39.2 Å². The van der Waals surface area contributed by atoms with E-state index in [1.165, 1.54) is 17.0 Å². The molecule has 0 heterocycles. The first-order chi connectivity index (χ1) is 18.2. The van der Waals surface area contributed by atoms with Crippen LogP contribution < -0.4 is 9.62 Å². The van der Waals surface area contributed by atoms with Crippen molar-refractivity contribution in [1.82, 2.24) is 10.2 Å². The molecule has 1 N–H and O–H groups in total. The number of carbonyl (C=O) groups is 2. The Bertz CT molecular complexity index is 1300. The Hall–Kier alpha value is -3.36. The number of anilines is 1. The zero-order valence-corrected chi connectivity index (χ0v) is 23.5. The molecule has 0 aromatic heterocycles. The van der Waals surface area contributed by atoms with Gasteiger partial charge in [-0.05, 0) is 61.7 Å². The SMILES string of the molecule is CC[C@H](C(=O)N[C@@H](C)CC)N(Cc1ccccc1)C(=O)CN(c1ccc(Cl)cc1)S(=O)(=O)c1ccccc1. The van der Waals surface area contributed by atoms with Crippen LogP contribution in [-0.4, -0.2) is 43.8 Å². The largest absolute Gasteiger partial charge is 0.352 e. The Morgan fingerprint density at radius 1 is 0.868 bits per heavy atom. The van der Waals surface area contributed by atoms with Crippen molar-refractivity contribution in [3.05, 3.63) is 95.5 Å². The molecule has 2 atom stereocenters. The van der Waals surface area contributed by atoms with Gasteiger partial charge in [-0.3, -0.25) is 13.9 Å². The van der Waals surface area contributed by atoms with Crippen LogP contribution in [0, 0.1) is 0 Å². The summed E-state index contributed by atoms with van der Waals surface area (Å²) in [5.41, 5.74) is 1.13. The highest BCUT2D eigenvalue weighted by molar-refractivity contribution is 7.92. The zero-order chi connectivity index (χ0) is 27.7. The quantitative estimate of drug-likeness (QED) is 0.330. The second-order valence-corrected chi connectivity index (χ2v) is 11.3. The van der Waals surface area contributed by atoms with Gasteiger partial charge in [-0.25, -0.2) is 8.42 Å². The maximum atomic E-state index is 14.0. The number of nitrogens with zero attached hydrogens (tertiary/aromatic N) is 2. The molecular weight excluding hydrogens is 522 g/mol. The van der Waals surface area contributed by atoms with Crippen molar-refractivity contribution < 1.29 is 18.0 Å². The van der Waals surface area contributed by atoms with E-state index >= 15 is 0 Å². The van der Waals surface area contributed by atoms with Gasteiger partial charge in [-0.2, -0.15) is 0 Å². The van der Waals surface area contributed by atoms with Crippen LogP contribution in [0.2, 0.25) is 5.02 Å². The lowest BCUT2D eigenvalue weighted by molar-refractivity contribution is -0.140. The fourth-order valence-electron chi connectivity index (χ4n) is 4.00. The molecule has 0 aliphatic heterocycles. The third kappa shape index (κ3) is 7.36. The van der Waals surface area contributed by atoms with Crippen molar-refractivity contribution >= 4 is 39.1 Å². The minimum Gasteiger partial charge on any atom is -0.352 e. The van der Waals surface area contributed by atoms with Crippen LogP contribution >= 0.6 is 11.6 Å². The Balaban J connectivity index is 2.02. The highest BCUT2D eigenvalue weighted by atomic mass is 35.5. The zero-order valence-electron chi connectivity index (χ0n) is 21.9. The molecule has 0 saturated carbocycles. The van der Waals surface area contributed by atoms with Crippen molar-refractivity contribution in [2.24, 2.45) is 0 Å². The Labute approximate surface area is 230 Å². The average Bonchev–Trinajstić information content (AvgIpc) is 2.93. The van der Waals surface area contributed by atoms with Gasteiger partial charge in [0.25, 0.3) is 10.0 Å². The van der Waals surface area contributed by atoms with Crippen LogP contribution in [0.25, 0.3) is 0 Å². The smallest absolute Gasteiger partial charge is 0.264 e. The molecule has 0 spiro atoms. The molecule has 3 aromatic rings. The summed E-state index contributed by atoms with van der Waals surface area (Å²) in [6.07, 6.45) is 1.11. The molecule has 3 aromatic carbocycles. The number of rotatable bonds is 12. The third-order valence-corrected chi connectivity index (χ3v) is 8.35. The van der Waals surface area contributed by atoms with Crippen LogP contribution in [0.5, 0.6) is 0 Å². The van der Waals surface area contributed by atoms with E-state index in [2.05, 4.69) is 5.32 Å². The third-order valence-electron chi connectivity index (χ3n) is 6.31. The lowest BCUT2D eigenvalue weighted by atomic mass is 10.1. The lowest BCUT2D eigenvalue weighted by Crippen LogP contribution is -2.53. The number of halogens is 1. The molecule has 0 radical (unpaired) electrons. The molecule has 0 aliphatic rings. The molecule has 38 heavy (non-hydrogen) atoms. The fraction of sp³-hybridized carbons (Fsp3) is 0.310. The number of hydrogen-bond donors (Lipinski definition) is 1. The summed E-state index contributed by atoms with van der Waals surface area (Å²) < 4.78 is 28.5. The van der Waals surface area contributed by atoms with Gasteiger partial charge in [0.05, 0.1) is 10.6 Å². The molecule has 0 saturated heterocycles. The number of benzene rings is 3.